The lowest BCUT2D eigenvalue weighted by molar-refractivity contribution is 0.475. The zero-order valence-electron chi connectivity index (χ0n) is 8.11. The first-order valence-corrected chi connectivity index (χ1v) is 4.82. The van der Waals surface area contributed by atoms with E-state index in [4.69, 9.17) is 11.6 Å². The maximum atomic E-state index is 12.3. The van der Waals surface area contributed by atoms with E-state index < -0.39 is 6.67 Å². The zero-order valence-corrected chi connectivity index (χ0v) is 8.87. The number of rotatable bonds is 2. The van der Waals surface area contributed by atoms with Gasteiger partial charge in [-0.3, -0.25) is 0 Å². The van der Waals surface area contributed by atoms with Gasteiger partial charge in [0.05, 0.1) is 11.9 Å². The average Bonchev–Trinajstić information content (AvgIpc) is 2.66. The van der Waals surface area contributed by atoms with Gasteiger partial charge in [-0.25, -0.2) is 9.07 Å². The predicted molar refractivity (Wildman–Crippen MR) is 55.9 cm³/mol. The molecule has 0 bridgehead atoms. The maximum Gasteiger partial charge on any atom is 0.135 e. The van der Waals surface area contributed by atoms with Crippen LogP contribution < -0.4 is 0 Å². The summed E-state index contributed by atoms with van der Waals surface area (Å²) in [4.78, 5) is 0. The Morgan fingerprint density at radius 2 is 2.27 bits per heavy atom. The van der Waals surface area contributed by atoms with Gasteiger partial charge in [0.25, 0.3) is 0 Å². The van der Waals surface area contributed by atoms with Gasteiger partial charge in [0.1, 0.15) is 12.4 Å². The van der Waals surface area contributed by atoms with Crippen molar-refractivity contribution in [1.82, 2.24) is 15.0 Å². The van der Waals surface area contributed by atoms with E-state index in [1.54, 1.807) is 16.9 Å². The Balaban J connectivity index is 2.44. The molecule has 0 unspecified atom stereocenters. The Labute approximate surface area is 91.5 Å². The van der Waals surface area contributed by atoms with Crippen LogP contribution in [0.1, 0.15) is 11.3 Å². The van der Waals surface area contributed by atoms with Crippen LogP contribution in [0.25, 0.3) is 5.69 Å². The lowest BCUT2D eigenvalue weighted by Crippen LogP contribution is -1.97. The van der Waals surface area contributed by atoms with Gasteiger partial charge in [-0.05, 0) is 30.7 Å². The highest BCUT2D eigenvalue weighted by molar-refractivity contribution is 6.30. The molecule has 0 saturated heterocycles. The van der Waals surface area contributed by atoms with Crippen LogP contribution >= 0.6 is 11.6 Å². The SMILES string of the molecule is Cc1cc(Cl)ccc1-n1cc(CF)nn1. The smallest absolute Gasteiger partial charge is 0.135 e. The molecule has 1 heterocycles. The van der Waals surface area contributed by atoms with Crippen LogP contribution in [0.2, 0.25) is 5.02 Å². The number of benzene rings is 1. The van der Waals surface area contributed by atoms with E-state index >= 15 is 0 Å². The van der Waals surface area contributed by atoms with Gasteiger partial charge in [0.2, 0.25) is 0 Å². The van der Waals surface area contributed by atoms with E-state index in [0.717, 1.165) is 11.3 Å². The van der Waals surface area contributed by atoms with Crippen LogP contribution in [0.15, 0.2) is 24.4 Å². The van der Waals surface area contributed by atoms with Gasteiger partial charge in [-0.2, -0.15) is 0 Å². The number of aryl methyl sites for hydroxylation is 1. The van der Waals surface area contributed by atoms with Gasteiger partial charge in [0, 0.05) is 5.02 Å². The normalized spacial score (nSPS) is 10.6. The van der Waals surface area contributed by atoms with Gasteiger partial charge in [0.15, 0.2) is 0 Å². The van der Waals surface area contributed by atoms with Crippen molar-refractivity contribution in [2.75, 3.05) is 0 Å². The molecule has 0 spiro atoms. The molecule has 2 rings (SSSR count). The molecule has 0 fully saturated rings. The minimum Gasteiger partial charge on any atom is -0.244 e. The summed E-state index contributed by atoms with van der Waals surface area (Å²) in [7, 11) is 0. The molecule has 1 aromatic carbocycles. The van der Waals surface area contributed by atoms with Crippen molar-refractivity contribution >= 4 is 11.6 Å². The summed E-state index contributed by atoms with van der Waals surface area (Å²) in [5.74, 6) is 0. The third kappa shape index (κ3) is 1.99. The number of alkyl halides is 1. The second-order valence-electron chi connectivity index (χ2n) is 3.22. The monoisotopic (exact) mass is 225 g/mol. The van der Waals surface area contributed by atoms with Crippen LogP contribution in [0.4, 0.5) is 4.39 Å². The van der Waals surface area contributed by atoms with Crippen molar-refractivity contribution in [1.29, 1.82) is 0 Å². The van der Waals surface area contributed by atoms with Crippen LogP contribution in [0.5, 0.6) is 0 Å². The first kappa shape index (κ1) is 10.1. The molecule has 1 aromatic heterocycles. The molecule has 0 radical (unpaired) electrons. The van der Waals surface area contributed by atoms with Crippen molar-refractivity contribution in [3.8, 4) is 5.69 Å². The van der Waals surface area contributed by atoms with Gasteiger partial charge >= 0.3 is 0 Å². The largest absolute Gasteiger partial charge is 0.244 e. The molecule has 0 saturated carbocycles. The number of hydrogen-bond acceptors (Lipinski definition) is 2. The Morgan fingerprint density at radius 1 is 1.47 bits per heavy atom. The van der Waals surface area contributed by atoms with E-state index in [2.05, 4.69) is 10.3 Å². The van der Waals surface area contributed by atoms with Crippen LogP contribution in [0, 0.1) is 6.92 Å². The highest BCUT2D eigenvalue weighted by Crippen LogP contribution is 2.18. The molecular weight excluding hydrogens is 217 g/mol. The first-order valence-electron chi connectivity index (χ1n) is 4.44. The van der Waals surface area contributed by atoms with E-state index in [1.165, 1.54) is 0 Å². The minimum absolute atomic E-state index is 0.323. The highest BCUT2D eigenvalue weighted by Gasteiger charge is 2.05. The fourth-order valence-electron chi connectivity index (χ4n) is 1.35. The number of hydrogen-bond donors (Lipinski definition) is 0. The average molecular weight is 226 g/mol. The minimum atomic E-state index is -0.605. The Bertz CT molecular complexity index is 481. The third-order valence-corrected chi connectivity index (χ3v) is 2.32. The number of halogens is 2. The van der Waals surface area contributed by atoms with Crippen molar-refractivity contribution < 1.29 is 4.39 Å². The van der Waals surface area contributed by atoms with E-state index in [1.807, 2.05) is 19.1 Å². The predicted octanol–water partition coefficient (Wildman–Crippen LogP) is 2.70. The summed E-state index contributed by atoms with van der Waals surface area (Å²) >= 11 is 5.83. The number of nitrogens with zero attached hydrogens (tertiary/aromatic N) is 3. The van der Waals surface area contributed by atoms with Crippen molar-refractivity contribution in [3.63, 3.8) is 0 Å². The molecule has 3 nitrogen and oxygen atoms in total. The van der Waals surface area contributed by atoms with Crippen LogP contribution in [-0.4, -0.2) is 15.0 Å². The van der Waals surface area contributed by atoms with E-state index in [9.17, 15) is 4.39 Å². The van der Waals surface area contributed by atoms with Crippen molar-refractivity contribution in [2.24, 2.45) is 0 Å². The van der Waals surface area contributed by atoms with Gasteiger partial charge in [-0.1, -0.05) is 16.8 Å². The van der Waals surface area contributed by atoms with Crippen molar-refractivity contribution in [3.05, 3.63) is 40.7 Å². The fraction of sp³-hybridized carbons (Fsp3) is 0.200. The quantitative estimate of drug-likeness (QED) is 0.787. The van der Waals surface area contributed by atoms with Crippen LogP contribution in [-0.2, 0) is 6.67 Å². The standard InChI is InChI=1S/C10H9ClFN3/c1-7-4-8(11)2-3-10(7)15-6-9(5-12)13-14-15/h2-4,6H,5H2,1H3. The Kier molecular flexibility index (Phi) is 2.68. The molecule has 0 aliphatic rings. The maximum absolute atomic E-state index is 12.3. The molecule has 5 heteroatoms. The molecule has 0 atom stereocenters. The summed E-state index contributed by atoms with van der Waals surface area (Å²) in [5.41, 5.74) is 2.15. The Morgan fingerprint density at radius 3 is 2.87 bits per heavy atom. The summed E-state index contributed by atoms with van der Waals surface area (Å²) in [6.07, 6.45) is 1.57. The zero-order chi connectivity index (χ0) is 10.8. The summed E-state index contributed by atoms with van der Waals surface area (Å²) < 4.78 is 13.8. The lowest BCUT2D eigenvalue weighted by Gasteiger charge is -2.04. The summed E-state index contributed by atoms with van der Waals surface area (Å²) in [5, 5.41) is 8.18. The molecule has 0 N–H and O–H groups in total. The molecule has 0 aliphatic carbocycles. The second-order valence-corrected chi connectivity index (χ2v) is 3.66. The first-order chi connectivity index (χ1) is 7.20. The Hall–Kier alpha value is -1.42. The van der Waals surface area contributed by atoms with Crippen molar-refractivity contribution in [2.45, 2.75) is 13.6 Å². The third-order valence-electron chi connectivity index (χ3n) is 2.08. The molecule has 0 aliphatic heterocycles. The van der Waals surface area contributed by atoms with E-state index in [-0.39, 0.29) is 0 Å². The summed E-state index contributed by atoms with van der Waals surface area (Å²) in [6, 6.07) is 5.42. The second kappa shape index (κ2) is 3.98. The number of aromatic nitrogens is 3. The van der Waals surface area contributed by atoms with Gasteiger partial charge in [-0.15, -0.1) is 5.10 Å². The van der Waals surface area contributed by atoms with Crippen LogP contribution in [0.3, 0.4) is 0 Å². The van der Waals surface area contributed by atoms with Gasteiger partial charge < -0.3 is 0 Å². The summed E-state index contributed by atoms with van der Waals surface area (Å²) in [6.45, 7) is 1.31. The molecular formula is C10H9ClFN3. The van der Waals surface area contributed by atoms with E-state index in [0.29, 0.717) is 10.7 Å². The lowest BCUT2D eigenvalue weighted by atomic mass is 10.2. The topological polar surface area (TPSA) is 30.7 Å². The fourth-order valence-corrected chi connectivity index (χ4v) is 1.58. The molecule has 2 aromatic rings. The highest BCUT2D eigenvalue weighted by atomic mass is 35.5. The molecule has 15 heavy (non-hydrogen) atoms. The molecule has 0 amide bonds. The molecule has 78 valence electrons.